The number of halogens is 1. The van der Waals surface area contributed by atoms with Crippen LogP contribution in [0.5, 0.6) is 0 Å². The van der Waals surface area contributed by atoms with Crippen molar-refractivity contribution in [2.45, 2.75) is 25.7 Å². The van der Waals surface area contributed by atoms with E-state index >= 15 is 0 Å². The molecule has 0 amide bonds. The van der Waals surface area contributed by atoms with E-state index in [1.54, 1.807) is 0 Å². The van der Waals surface area contributed by atoms with Gasteiger partial charge in [-0.15, -0.1) is 0 Å². The topological polar surface area (TPSA) is 27.0 Å². The summed E-state index contributed by atoms with van der Waals surface area (Å²) in [5, 5.41) is 9.36. The van der Waals surface area contributed by atoms with E-state index in [4.69, 9.17) is 16.9 Å². The fraction of sp³-hybridized carbons (Fsp3) is 0.462. The van der Waals surface area contributed by atoms with E-state index in [9.17, 15) is 0 Å². The van der Waals surface area contributed by atoms with Gasteiger partial charge >= 0.3 is 0 Å². The quantitative estimate of drug-likeness (QED) is 0.784. The number of nitrogens with zero attached hydrogens (tertiary/aromatic N) is 2. The average molecular weight is 235 g/mol. The Bertz CT molecular complexity index is 403. The molecule has 0 spiro atoms. The van der Waals surface area contributed by atoms with E-state index in [0.29, 0.717) is 11.4 Å². The molecule has 0 N–H and O–H groups in total. The summed E-state index contributed by atoms with van der Waals surface area (Å²) in [5.41, 5.74) is 2.11. The lowest BCUT2D eigenvalue weighted by atomic mass is 10.1. The van der Waals surface area contributed by atoms with E-state index in [2.05, 4.69) is 17.0 Å². The summed E-state index contributed by atoms with van der Waals surface area (Å²) in [4.78, 5) is 2.37. The zero-order chi connectivity index (χ0) is 11.4. The van der Waals surface area contributed by atoms with Crippen LogP contribution in [0.3, 0.4) is 0 Å². The molecule has 84 valence electrons. The van der Waals surface area contributed by atoms with Crippen LogP contribution in [-0.4, -0.2) is 13.1 Å². The lowest BCUT2D eigenvalue weighted by molar-refractivity contribution is 0.578. The monoisotopic (exact) mass is 234 g/mol. The van der Waals surface area contributed by atoms with Crippen molar-refractivity contribution in [2.24, 2.45) is 0 Å². The molecule has 1 heterocycles. The van der Waals surface area contributed by atoms with Crippen molar-refractivity contribution in [2.75, 3.05) is 18.0 Å². The molecule has 1 aromatic carbocycles. The van der Waals surface area contributed by atoms with Gasteiger partial charge in [0, 0.05) is 23.8 Å². The normalized spacial score (nSPS) is 15.9. The summed E-state index contributed by atoms with van der Waals surface area (Å²) in [6.45, 7) is 2.24. The molecular formula is C13H15ClN2. The second-order valence-corrected chi connectivity index (χ2v) is 4.57. The van der Waals surface area contributed by atoms with Gasteiger partial charge in [0.15, 0.2) is 0 Å². The first-order valence-electron chi connectivity index (χ1n) is 5.71. The third kappa shape index (κ3) is 2.48. The van der Waals surface area contributed by atoms with Gasteiger partial charge in [0.1, 0.15) is 0 Å². The van der Waals surface area contributed by atoms with Crippen molar-refractivity contribution < 1.29 is 0 Å². The zero-order valence-corrected chi connectivity index (χ0v) is 10.0. The minimum atomic E-state index is 0.388. The van der Waals surface area contributed by atoms with Gasteiger partial charge in [-0.05, 0) is 37.0 Å². The lowest BCUT2D eigenvalue weighted by Crippen LogP contribution is -2.29. The van der Waals surface area contributed by atoms with Gasteiger partial charge in [-0.1, -0.05) is 17.7 Å². The highest BCUT2D eigenvalue weighted by atomic mass is 35.5. The van der Waals surface area contributed by atoms with Crippen LogP contribution in [0, 0.1) is 11.3 Å². The molecule has 1 aliphatic rings. The molecule has 0 saturated carbocycles. The molecule has 3 heteroatoms. The molecule has 16 heavy (non-hydrogen) atoms. The number of rotatable bonds is 2. The van der Waals surface area contributed by atoms with Crippen LogP contribution in [0.1, 0.15) is 24.8 Å². The Balaban J connectivity index is 2.17. The highest BCUT2D eigenvalue weighted by molar-refractivity contribution is 6.31. The van der Waals surface area contributed by atoms with Crippen molar-refractivity contribution in [1.29, 1.82) is 5.26 Å². The molecule has 1 aliphatic heterocycles. The summed E-state index contributed by atoms with van der Waals surface area (Å²) in [6.07, 6.45) is 4.24. The first-order valence-corrected chi connectivity index (χ1v) is 6.09. The first-order chi connectivity index (χ1) is 7.81. The van der Waals surface area contributed by atoms with E-state index in [-0.39, 0.29) is 0 Å². The Kier molecular flexibility index (Phi) is 3.69. The van der Waals surface area contributed by atoms with E-state index in [0.717, 1.165) is 18.7 Å². The van der Waals surface area contributed by atoms with Crippen LogP contribution in [0.15, 0.2) is 18.2 Å². The van der Waals surface area contributed by atoms with Crippen LogP contribution in [0.2, 0.25) is 5.02 Å². The van der Waals surface area contributed by atoms with Crippen molar-refractivity contribution in [1.82, 2.24) is 0 Å². The van der Waals surface area contributed by atoms with Crippen molar-refractivity contribution in [3.8, 4) is 6.07 Å². The van der Waals surface area contributed by atoms with E-state index < -0.39 is 0 Å². The molecule has 2 rings (SSSR count). The number of anilines is 1. The third-order valence-corrected chi connectivity index (χ3v) is 3.38. The smallest absolute Gasteiger partial charge is 0.0670 e. The van der Waals surface area contributed by atoms with Gasteiger partial charge in [0.25, 0.3) is 0 Å². The van der Waals surface area contributed by atoms with Gasteiger partial charge < -0.3 is 4.90 Å². The largest absolute Gasteiger partial charge is 0.371 e. The molecule has 0 aromatic heterocycles. The maximum atomic E-state index is 8.64. The van der Waals surface area contributed by atoms with Gasteiger partial charge in [0.2, 0.25) is 0 Å². The first kappa shape index (κ1) is 11.3. The molecule has 1 aromatic rings. The van der Waals surface area contributed by atoms with E-state index in [1.165, 1.54) is 24.9 Å². The minimum Gasteiger partial charge on any atom is -0.371 e. The van der Waals surface area contributed by atoms with Crippen LogP contribution in [0.25, 0.3) is 0 Å². The summed E-state index contributed by atoms with van der Waals surface area (Å²) >= 11 is 6.15. The van der Waals surface area contributed by atoms with Gasteiger partial charge in [-0.25, -0.2) is 0 Å². The second kappa shape index (κ2) is 5.23. The summed E-state index contributed by atoms with van der Waals surface area (Å²) in [5.74, 6) is 0. The van der Waals surface area contributed by atoms with Crippen LogP contribution in [0.4, 0.5) is 5.69 Å². The highest BCUT2D eigenvalue weighted by Crippen LogP contribution is 2.26. The maximum absolute atomic E-state index is 8.64. The maximum Gasteiger partial charge on any atom is 0.0670 e. The van der Waals surface area contributed by atoms with Crippen molar-refractivity contribution >= 4 is 17.3 Å². The molecule has 1 saturated heterocycles. The molecule has 0 radical (unpaired) electrons. The number of hydrogen-bond donors (Lipinski definition) is 0. The molecule has 0 aliphatic carbocycles. The fourth-order valence-corrected chi connectivity index (χ4v) is 2.36. The number of benzene rings is 1. The predicted octanol–water partition coefficient (Wildman–Crippen LogP) is 3.40. The van der Waals surface area contributed by atoms with E-state index in [1.807, 2.05) is 12.1 Å². The van der Waals surface area contributed by atoms with Crippen LogP contribution >= 0.6 is 11.6 Å². The van der Waals surface area contributed by atoms with Crippen LogP contribution in [-0.2, 0) is 6.42 Å². The molecule has 0 unspecified atom stereocenters. The minimum absolute atomic E-state index is 0.388. The van der Waals surface area contributed by atoms with Crippen LogP contribution < -0.4 is 4.90 Å². The average Bonchev–Trinajstić information content (AvgIpc) is 2.33. The third-order valence-electron chi connectivity index (χ3n) is 3.03. The molecule has 0 bridgehead atoms. The van der Waals surface area contributed by atoms with Crippen molar-refractivity contribution in [3.05, 3.63) is 28.8 Å². The Hall–Kier alpha value is -1.20. The Labute approximate surface area is 101 Å². The fourth-order valence-electron chi connectivity index (χ4n) is 2.11. The van der Waals surface area contributed by atoms with Crippen molar-refractivity contribution in [3.63, 3.8) is 0 Å². The number of piperidine rings is 1. The number of hydrogen-bond acceptors (Lipinski definition) is 2. The summed E-state index contributed by atoms with van der Waals surface area (Å²) in [6, 6.07) is 8.15. The summed E-state index contributed by atoms with van der Waals surface area (Å²) < 4.78 is 0. The second-order valence-electron chi connectivity index (χ2n) is 4.16. The van der Waals surface area contributed by atoms with Gasteiger partial charge in [-0.2, -0.15) is 5.26 Å². The Morgan fingerprint density at radius 2 is 2.00 bits per heavy atom. The Morgan fingerprint density at radius 1 is 1.25 bits per heavy atom. The molecule has 1 fully saturated rings. The zero-order valence-electron chi connectivity index (χ0n) is 9.25. The lowest BCUT2D eigenvalue weighted by Gasteiger charge is -2.29. The highest BCUT2D eigenvalue weighted by Gasteiger charge is 2.12. The predicted molar refractivity (Wildman–Crippen MR) is 66.8 cm³/mol. The number of nitriles is 1. The Morgan fingerprint density at radius 3 is 2.62 bits per heavy atom. The van der Waals surface area contributed by atoms with Gasteiger partial charge in [0.05, 0.1) is 12.5 Å². The summed E-state index contributed by atoms with van der Waals surface area (Å²) in [7, 11) is 0. The van der Waals surface area contributed by atoms with Gasteiger partial charge in [-0.3, -0.25) is 0 Å². The molecule has 2 nitrogen and oxygen atoms in total. The standard InChI is InChI=1S/C13H15ClN2/c14-13-10-12(5-4-11(13)6-7-15)16-8-2-1-3-9-16/h4-5,10H,1-3,6,8-9H2. The molecule has 0 atom stereocenters. The molecular weight excluding hydrogens is 220 g/mol. The SMILES string of the molecule is N#CCc1ccc(N2CCCCC2)cc1Cl.